The van der Waals surface area contributed by atoms with Crippen molar-refractivity contribution >= 4 is 5.65 Å². The Morgan fingerprint density at radius 1 is 1.25 bits per heavy atom. The van der Waals surface area contributed by atoms with Gasteiger partial charge < -0.3 is 4.42 Å². The Morgan fingerprint density at radius 3 is 2.83 bits per heavy atom. The van der Waals surface area contributed by atoms with E-state index in [9.17, 15) is 9.18 Å². The highest BCUT2D eigenvalue weighted by atomic mass is 19.1. The Balaban J connectivity index is 1.68. The van der Waals surface area contributed by atoms with Crippen LogP contribution in [0, 0.1) is 12.7 Å². The molecule has 0 aliphatic carbocycles. The van der Waals surface area contributed by atoms with Crippen LogP contribution in [0.1, 0.15) is 17.1 Å². The molecule has 4 rings (SSSR count). The van der Waals surface area contributed by atoms with Crippen molar-refractivity contribution in [3.8, 4) is 11.5 Å². The van der Waals surface area contributed by atoms with Crippen LogP contribution in [0.2, 0.25) is 0 Å². The van der Waals surface area contributed by atoms with Gasteiger partial charge in [-0.2, -0.15) is 0 Å². The molecule has 1 N–H and O–H groups in total. The normalized spacial score (nSPS) is 11.2. The fourth-order valence-electron chi connectivity index (χ4n) is 2.44. The summed E-state index contributed by atoms with van der Waals surface area (Å²) in [6, 6.07) is 7.78. The van der Waals surface area contributed by atoms with E-state index in [1.54, 1.807) is 18.2 Å². The molecule has 0 fully saturated rings. The molecule has 4 aromatic rings. The van der Waals surface area contributed by atoms with Gasteiger partial charge in [-0.05, 0) is 24.6 Å². The van der Waals surface area contributed by atoms with Crippen LogP contribution in [0.5, 0.6) is 0 Å². The Hall–Kier alpha value is -3.29. The minimum atomic E-state index is -0.315. The minimum Gasteiger partial charge on any atom is -0.420 e. The van der Waals surface area contributed by atoms with E-state index >= 15 is 0 Å². The van der Waals surface area contributed by atoms with E-state index in [1.165, 1.54) is 22.8 Å². The van der Waals surface area contributed by atoms with Gasteiger partial charge in [0.05, 0.1) is 6.42 Å². The van der Waals surface area contributed by atoms with Crippen molar-refractivity contribution in [2.24, 2.45) is 0 Å². The summed E-state index contributed by atoms with van der Waals surface area (Å²) < 4.78 is 19.8. The van der Waals surface area contributed by atoms with Crippen LogP contribution in [-0.2, 0) is 6.42 Å². The molecule has 0 unspecified atom stereocenters. The van der Waals surface area contributed by atoms with Gasteiger partial charge in [-0.1, -0.05) is 12.1 Å². The molecule has 0 bridgehead atoms. The number of aryl methyl sites for hydroxylation is 1. The molecule has 120 valence electrons. The summed E-state index contributed by atoms with van der Waals surface area (Å²) in [6.07, 6.45) is 1.77. The lowest BCUT2D eigenvalue weighted by atomic mass is 10.1. The molecule has 1 aromatic carbocycles. The molecule has 0 atom stereocenters. The van der Waals surface area contributed by atoms with E-state index in [0.717, 1.165) is 11.3 Å². The molecule has 3 aromatic heterocycles. The molecular formula is C16H12FN5O2. The van der Waals surface area contributed by atoms with E-state index in [2.05, 4.69) is 20.3 Å². The van der Waals surface area contributed by atoms with Gasteiger partial charge in [0.15, 0.2) is 5.65 Å². The largest absolute Gasteiger partial charge is 0.420 e. The Labute approximate surface area is 134 Å². The summed E-state index contributed by atoms with van der Waals surface area (Å²) in [5.41, 5.74) is 2.07. The van der Waals surface area contributed by atoms with Gasteiger partial charge in [0.2, 0.25) is 5.89 Å². The molecule has 24 heavy (non-hydrogen) atoms. The number of aromatic nitrogens is 5. The molecule has 7 nitrogen and oxygen atoms in total. The lowest BCUT2D eigenvalue weighted by molar-refractivity contribution is 0.516. The number of rotatable bonds is 3. The van der Waals surface area contributed by atoms with Gasteiger partial charge in [-0.3, -0.25) is 9.89 Å². The smallest absolute Gasteiger partial charge is 0.285 e. The Kier molecular flexibility index (Phi) is 3.23. The Bertz CT molecular complexity index is 1080. The highest BCUT2D eigenvalue weighted by Gasteiger charge is 2.15. The highest BCUT2D eigenvalue weighted by molar-refractivity contribution is 5.53. The summed E-state index contributed by atoms with van der Waals surface area (Å²) in [6.45, 7) is 1.83. The zero-order valence-corrected chi connectivity index (χ0v) is 12.7. The van der Waals surface area contributed by atoms with E-state index in [4.69, 9.17) is 4.42 Å². The van der Waals surface area contributed by atoms with Crippen LogP contribution in [0.3, 0.4) is 0 Å². The fourth-order valence-corrected chi connectivity index (χ4v) is 2.44. The number of H-pyrrole nitrogens is 1. The van der Waals surface area contributed by atoms with Crippen LogP contribution in [-0.4, -0.2) is 24.8 Å². The lowest BCUT2D eigenvalue weighted by Crippen LogP contribution is -2.17. The summed E-state index contributed by atoms with van der Waals surface area (Å²) in [4.78, 5) is 16.7. The van der Waals surface area contributed by atoms with E-state index in [1.807, 2.05) is 6.92 Å². The molecule has 0 spiro atoms. The van der Waals surface area contributed by atoms with Gasteiger partial charge in [0.25, 0.3) is 11.4 Å². The third-order valence-electron chi connectivity index (χ3n) is 3.59. The van der Waals surface area contributed by atoms with Crippen LogP contribution in [0.25, 0.3) is 17.1 Å². The second-order valence-corrected chi connectivity index (χ2v) is 5.41. The van der Waals surface area contributed by atoms with Crippen LogP contribution in [0.15, 0.2) is 45.7 Å². The number of halogens is 1. The fraction of sp³-hybridized carbons (Fsp3) is 0.125. The van der Waals surface area contributed by atoms with E-state index in [-0.39, 0.29) is 22.8 Å². The third-order valence-corrected chi connectivity index (χ3v) is 3.59. The van der Waals surface area contributed by atoms with Gasteiger partial charge in [0, 0.05) is 18.0 Å². The second kappa shape index (κ2) is 5.41. The van der Waals surface area contributed by atoms with Crippen molar-refractivity contribution in [2.75, 3.05) is 0 Å². The quantitative estimate of drug-likeness (QED) is 0.623. The first-order valence-electron chi connectivity index (χ1n) is 7.25. The van der Waals surface area contributed by atoms with Crippen molar-refractivity contribution in [1.82, 2.24) is 24.8 Å². The molecule has 0 saturated carbocycles. The molecule has 0 aliphatic rings. The van der Waals surface area contributed by atoms with Crippen LogP contribution in [0.4, 0.5) is 4.39 Å². The van der Waals surface area contributed by atoms with E-state index < -0.39 is 0 Å². The molecule has 0 radical (unpaired) electrons. The van der Waals surface area contributed by atoms with Crippen molar-refractivity contribution in [3.05, 3.63) is 69.8 Å². The SMILES string of the molecule is Cc1cc2ncc(-c3nnc(Cc4ccc(F)cc4)o3)c(=O)n2[nH]1. The molecule has 0 amide bonds. The molecule has 0 aliphatic heterocycles. The number of fused-ring (bicyclic) bond motifs is 1. The monoisotopic (exact) mass is 325 g/mol. The van der Waals surface area contributed by atoms with Gasteiger partial charge in [-0.15, -0.1) is 10.2 Å². The first-order valence-corrected chi connectivity index (χ1v) is 7.25. The number of benzene rings is 1. The zero-order valence-electron chi connectivity index (χ0n) is 12.7. The summed E-state index contributed by atoms with van der Waals surface area (Å²) in [5, 5.41) is 10.8. The van der Waals surface area contributed by atoms with Crippen molar-refractivity contribution in [1.29, 1.82) is 0 Å². The summed E-state index contributed by atoms with van der Waals surface area (Å²) >= 11 is 0. The average Bonchev–Trinajstić information content (AvgIpc) is 3.16. The zero-order chi connectivity index (χ0) is 16.7. The van der Waals surface area contributed by atoms with Crippen LogP contribution >= 0.6 is 0 Å². The van der Waals surface area contributed by atoms with Gasteiger partial charge in [0.1, 0.15) is 11.4 Å². The predicted octanol–water partition coefficient (Wildman–Crippen LogP) is 2.11. The molecular weight excluding hydrogens is 313 g/mol. The number of nitrogens with one attached hydrogen (secondary N) is 1. The maximum absolute atomic E-state index is 12.9. The lowest BCUT2D eigenvalue weighted by Gasteiger charge is -1.97. The standard InChI is InChI=1S/C16H12FN5O2/c1-9-6-13-18-8-12(16(23)22(13)21-9)15-20-19-14(24-15)7-10-2-4-11(17)5-3-10/h2-6,8,21H,7H2,1H3. The third kappa shape index (κ3) is 2.47. The summed E-state index contributed by atoms with van der Waals surface area (Å²) in [7, 11) is 0. The highest BCUT2D eigenvalue weighted by Crippen LogP contribution is 2.16. The first kappa shape index (κ1) is 14.3. The van der Waals surface area contributed by atoms with Crippen molar-refractivity contribution in [3.63, 3.8) is 0 Å². The predicted molar refractivity (Wildman–Crippen MR) is 83.0 cm³/mol. The van der Waals surface area contributed by atoms with Crippen molar-refractivity contribution < 1.29 is 8.81 Å². The Morgan fingerprint density at radius 2 is 2.04 bits per heavy atom. The second-order valence-electron chi connectivity index (χ2n) is 5.41. The molecule has 8 heteroatoms. The van der Waals surface area contributed by atoms with Crippen molar-refractivity contribution in [2.45, 2.75) is 13.3 Å². The summed E-state index contributed by atoms with van der Waals surface area (Å²) in [5.74, 6) is 0.133. The number of hydrogen-bond acceptors (Lipinski definition) is 5. The number of hydrogen-bond donors (Lipinski definition) is 1. The maximum atomic E-state index is 12.9. The number of aromatic amines is 1. The molecule has 3 heterocycles. The average molecular weight is 325 g/mol. The minimum absolute atomic E-state index is 0.103. The van der Waals surface area contributed by atoms with Crippen LogP contribution < -0.4 is 5.56 Å². The topological polar surface area (TPSA) is 89.1 Å². The number of nitrogens with zero attached hydrogens (tertiary/aromatic N) is 4. The molecule has 0 saturated heterocycles. The first-order chi connectivity index (χ1) is 11.6. The maximum Gasteiger partial charge on any atom is 0.285 e. The van der Waals surface area contributed by atoms with Gasteiger partial charge in [-0.25, -0.2) is 13.9 Å². The van der Waals surface area contributed by atoms with E-state index in [0.29, 0.717) is 18.0 Å². The van der Waals surface area contributed by atoms with Gasteiger partial charge >= 0.3 is 0 Å².